The third-order valence-corrected chi connectivity index (χ3v) is 5.31. The minimum Gasteiger partial charge on any atom is -0.461 e. The number of esters is 1. The summed E-state index contributed by atoms with van der Waals surface area (Å²) in [5.74, 6) is 1.05. The van der Waals surface area contributed by atoms with Crippen molar-refractivity contribution >= 4 is 5.97 Å². The Morgan fingerprint density at radius 3 is 2.74 bits per heavy atom. The quantitative estimate of drug-likeness (QED) is 0.786. The normalized spacial score (nSPS) is 30.3. The number of benzene rings is 1. The Bertz CT molecular complexity index is 519. The Balaban J connectivity index is 1.60. The highest BCUT2D eigenvalue weighted by Gasteiger charge is 2.51. The molecule has 2 aliphatic carbocycles. The van der Waals surface area contributed by atoms with Crippen LogP contribution in [0.15, 0.2) is 30.3 Å². The molecule has 4 nitrogen and oxygen atoms in total. The first kappa shape index (κ1) is 16.5. The molecular formula is C19H27NO3. The van der Waals surface area contributed by atoms with Gasteiger partial charge >= 0.3 is 5.97 Å². The average molecular weight is 317 g/mol. The number of rotatable bonds is 7. The van der Waals surface area contributed by atoms with Gasteiger partial charge in [0.25, 0.3) is 0 Å². The van der Waals surface area contributed by atoms with Crippen LogP contribution in [0.2, 0.25) is 0 Å². The molecule has 1 N–H and O–H groups in total. The zero-order valence-electron chi connectivity index (χ0n) is 14.0. The highest BCUT2D eigenvalue weighted by Crippen LogP contribution is 2.49. The molecule has 23 heavy (non-hydrogen) atoms. The number of fused-ring (bicyclic) bond motifs is 2. The first-order valence-corrected chi connectivity index (χ1v) is 8.64. The number of hydrogen-bond acceptors (Lipinski definition) is 4. The predicted octanol–water partition coefficient (Wildman–Crippen LogP) is 2.77. The van der Waals surface area contributed by atoms with E-state index in [1.54, 1.807) is 7.11 Å². The average Bonchev–Trinajstić information content (AvgIpc) is 3.15. The fourth-order valence-corrected chi connectivity index (χ4v) is 4.32. The SMILES string of the molecule is COC[C@H](C)N[C@@H]1[C@H]2CC[C@@H](C2)[C@@H]1C(=O)OCc1ccccc1. The van der Waals surface area contributed by atoms with E-state index in [1.165, 1.54) is 6.42 Å². The van der Waals surface area contributed by atoms with Gasteiger partial charge in [0.05, 0.1) is 12.5 Å². The highest BCUT2D eigenvalue weighted by molar-refractivity contribution is 5.74. The van der Waals surface area contributed by atoms with Crippen LogP contribution in [0.25, 0.3) is 0 Å². The molecule has 0 amide bonds. The Hall–Kier alpha value is -1.39. The lowest BCUT2D eigenvalue weighted by Gasteiger charge is -2.32. The summed E-state index contributed by atoms with van der Waals surface area (Å²) in [5.41, 5.74) is 1.04. The fourth-order valence-electron chi connectivity index (χ4n) is 4.32. The lowest BCUT2D eigenvalue weighted by molar-refractivity contribution is -0.152. The molecule has 2 bridgehead atoms. The van der Waals surface area contributed by atoms with E-state index < -0.39 is 0 Å². The second-order valence-corrected chi connectivity index (χ2v) is 7.00. The number of hydrogen-bond donors (Lipinski definition) is 1. The van der Waals surface area contributed by atoms with Gasteiger partial charge in [-0.3, -0.25) is 4.79 Å². The smallest absolute Gasteiger partial charge is 0.311 e. The van der Waals surface area contributed by atoms with E-state index >= 15 is 0 Å². The maximum atomic E-state index is 12.7. The summed E-state index contributed by atoms with van der Waals surface area (Å²) >= 11 is 0. The second-order valence-electron chi connectivity index (χ2n) is 7.00. The van der Waals surface area contributed by atoms with Crippen LogP contribution in [0.4, 0.5) is 0 Å². The van der Waals surface area contributed by atoms with Crippen LogP contribution in [0, 0.1) is 17.8 Å². The van der Waals surface area contributed by atoms with Gasteiger partial charge in [-0.1, -0.05) is 30.3 Å². The topological polar surface area (TPSA) is 47.6 Å². The Kier molecular flexibility index (Phi) is 5.34. The van der Waals surface area contributed by atoms with E-state index in [1.807, 2.05) is 30.3 Å². The molecule has 0 saturated heterocycles. The number of carbonyl (C=O) groups excluding carboxylic acids is 1. The van der Waals surface area contributed by atoms with Gasteiger partial charge in [-0.25, -0.2) is 0 Å². The van der Waals surface area contributed by atoms with Gasteiger partial charge in [0.1, 0.15) is 6.61 Å². The van der Waals surface area contributed by atoms with Gasteiger partial charge in [-0.05, 0) is 43.6 Å². The fraction of sp³-hybridized carbons (Fsp3) is 0.632. The Labute approximate surface area is 138 Å². The number of ether oxygens (including phenoxy) is 2. The summed E-state index contributed by atoms with van der Waals surface area (Å²) in [7, 11) is 1.71. The summed E-state index contributed by atoms with van der Waals surface area (Å²) in [6.45, 7) is 3.15. The molecular weight excluding hydrogens is 290 g/mol. The van der Waals surface area contributed by atoms with Crippen molar-refractivity contribution in [1.29, 1.82) is 0 Å². The summed E-state index contributed by atoms with van der Waals surface area (Å²) in [5, 5.41) is 3.61. The van der Waals surface area contributed by atoms with Crippen molar-refractivity contribution in [2.45, 2.75) is 44.9 Å². The zero-order chi connectivity index (χ0) is 16.2. The van der Waals surface area contributed by atoms with Crippen LogP contribution in [0.3, 0.4) is 0 Å². The van der Waals surface area contributed by atoms with E-state index in [2.05, 4.69) is 12.2 Å². The molecule has 0 spiro atoms. The summed E-state index contributed by atoms with van der Waals surface area (Å²) in [4.78, 5) is 12.7. The third-order valence-electron chi connectivity index (χ3n) is 5.31. The number of nitrogens with one attached hydrogen (secondary N) is 1. The van der Waals surface area contributed by atoms with Crippen LogP contribution in [0.1, 0.15) is 31.7 Å². The molecule has 0 radical (unpaired) electrons. The van der Waals surface area contributed by atoms with E-state index in [4.69, 9.17) is 9.47 Å². The molecule has 3 rings (SSSR count). The molecule has 2 saturated carbocycles. The molecule has 2 aliphatic rings. The van der Waals surface area contributed by atoms with E-state index in [9.17, 15) is 4.79 Å². The van der Waals surface area contributed by atoms with Crippen LogP contribution < -0.4 is 5.32 Å². The number of carbonyl (C=O) groups is 1. The monoisotopic (exact) mass is 317 g/mol. The third kappa shape index (κ3) is 3.75. The molecule has 0 unspecified atom stereocenters. The zero-order valence-corrected chi connectivity index (χ0v) is 14.0. The predicted molar refractivity (Wildman–Crippen MR) is 88.8 cm³/mol. The van der Waals surface area contributed by atoms with Crippen molar-refractivity contribution < 1.29 is 14.3 Å². The summed E-state index contributed by atoms with van der Waals surface area (Å²) in [6.07, 6.45) is 3.54. The van der Waals surface area contributed by atoms with Gasteiger partial charge in [0.15, 0.2) is 0 Å². The molecule has 0 aliphatic heterocycles. The Morgan fingerprint density at radius 1 is 1.26 bits per heavy atom. The minimum atomic E-state index is -0.0387. The number of methoxy groups -OCH3 is 1. The standard InChI is InChI=1S/C19H27NO3/c1-13(11-22-2)20-18-16-9-8-15(10-16)17(18)19(21)23-12-14-6-4-3-5-7-14/h3-7,13,15-18,20H,8-12H2,1-2H3/t13-,15-,16-,17-,18+/m0/s1. The maximum absolute atomic E-state index is 12.7. The van der Waals surface area contributed by atoms with Gasteiger partial charge < -0.3 is 14.8 Å². The van der Waals surface area contributed by atoms with Crippen LogP contribution >= 0.6 is 0 Å². The molecule has 2 fully saturated rings. The van der Waals surface area contributed by atoms with Crippen LogP contribution in [-0.4, -0.2) is 31.8 Å². The summed E-state index contributed by atoms with van der Waals surface area (Å²) < 4.78 is 10.8. The molecule has 1 aromatic carbocycles. The summed E-state index contributed by atoms with van der Waals surface area (Å²) in [6, 6.07) is 10.4. The largest absolute Gasteiger partial charge is 0.461 e. The molecule has 1 aromatic rings. The molecule has 5 atom stereocenters. The van der Waals surface area contributed by atoms with Gasteiger partial charge in [0, 0.05) is 19.2 Å². The van der Waals surface area contributed by atoms with E-state index in [0.29, 0.717) is 25.0 Å². The lowest BCUT2D eigenvalue weighted by atomic mass is 9.84. The van der Waals surface area contributed by atoms with Crippen molar-refractivity contribution in [3.63, 3.8) is 0 Å². The van der Waals surface area contributed by atoms with Crippen molar-refractivity contribution in [2.24, 2.45) is 17.8 Å². The van der Waals surface area contributed by atoms with E-state index in [-0.39, 0.29) is 24.0 Å². The molecule has 0 heterocycles. The van der Waals surface area contributed by atoms with Gasteiger partial charge in [-0.2, -0.15) is 0 Å². The maximum Gasteiger partial charge on any atom is 0.311 e. The molecule has 4 heteroatoms. The molecule has 126 valence electrons. The van der Waals surface area contributed by atoms with Crippen molar-refractivity contribution in [3.05, 3.63) is 35.9 Å². The Morgan fingerprint density at radius 2 is 2.00 bits per heavy atom. The highest BCUT2D eigenvalue weighted by atomic mass is 16.5. The van der Waals surface area contributed by atoms with Gasteiger partial charge in [0.2, 0.25) is 0 Å². The van der Waals surface area contributed by atoms with Crippen molar-refractivity contribution in [1.82, 2.24) is 5.32 Å². The van der Waals surface area contributed by atoms with Crippen molar-refractivity contribution in [3.8, 4) is 0 Å². The molecule has 0 aromatic heterocycles. The van der Waals surface area contributed by atoms with Crippen LogP contribution in [0.5, 0.6) is 0 Å². The van der Waals surface area contributed by atoms with E-state index in [0.717, 1.165) is 18.4 Å². The minimum absolute atomic E-state index is 0.00299. The first-order chi connectivity index (χ1) is 11.2. The van der Waals surface area contributed by atoms with Gasteiger partial charge in [-0.15, -0.1) is 0 Å². The van der Waals surface area contributed by atoms with Crippen molar-refractivity contribution in [2.75, 3.05) is 13.7 Å². The lowest BCUT2D eigenvalue weighted by Crippen LogP contribution is -2.49. The first-order valence-electron chi connectivity index (χ1n) is 8.64. The van der Waals surface area contributed by atoms with Crippen LogP contribution in [-0.2, 0) is 20.9 Å². The second kappa shape index (κ2) is 7.45.